The SMILES string of the molecule is COC(=O)C1CC(OC)C(O/N=[N+](\[O-])N(C)C(C)(C)C)C1. The normalized spacial score (nSPS) is 26.6. The number of esters is 1. The van der Waals surface area contributed by atoms with E-state index < -0.39 is 6.10 Å². The van der Waals surface area contributed by atoms with E-state index in [2.05, 4.69) is 5.28 Å². The van der Waals surface area contributed by atoms with Gasteiger partial charge >= 0.3 is 5.97 Å². The van der Waals surface area contributed by atoms with Gasteiger partial charge < -0.3 is 19.5 Å². The Labute approximate surface area is 125 Å². The van der Waals surface area contributed by atoms with Crippen LogP contribution >= 0.6 is 0 Å². The van der Waals surface area contributed by atoms with E-state index in [9.17, 15) is 10.0 Å². The van der Waals surface area contributed by atoms with E-state index in [0.29, 0.717) is 17.8 Å². The highest BCUT2D eigenvalue weighted by atomic mass is 16.7. The number of hydrogen-bond acceptors (Lipinski definition) is 6. The van der Waals surface area contributed by atoms with Gasteiger partial charge in [-0.1, -0.05) is 0 Å². The van der Waals surface area contributed by atoms with E-state index in [1.54, 1.807) is 7.05 Å². The molecule has 0 N–H and O–H groups in total. The van der Waals surface area contributed by atoms with Crippen LogP contribution in [0.4, 0.5) is 0 Å². The number of nitrogens with zero attached hydrogens (tertiary/aromatic N) is 3. The minimum atomic E-state index is -0.441. The molecule has 0 spiro atoms. The summed E-state index contributed by atoms with van der Waals surface area (Å²) in [5.41, 5.74) is -0.376. The molecule has 0 radical (unpaired) electrons. The number of carbonyl (C=O) groups is 1. The zero-order valence-corrected chi connectivity index (χ0v) is 13.5. The Morgan fingerprint density at radius 2 is 1.86 bits per heavy atom. The summed E-state index contributed by atoms with van der Waals surface area (Å²) in [5, 5.41) is 16.8. The van der Waals surface area contributed by atoms with E-state index >= 15 is 0 Å². The summed E-state index contributed by atoms with van der Waals surface area (Å²) in [6, 6.07) is 0. The third kappa shape index (κ3) is 4.45. The van der Waals surface area contributed by atoms with Crippen LogP contribution in [-0.2, 0) is 19.1 Å². The van der Waals surface area contributed by atoms with Crippen LogP contribution in [0.25, 0.3) is 0 Å². The molecule has 1 aliphatic rings. The van der Waals surface area contributed by atoms with Crippen LogP contribution < -0.4 is 0 Å². The second kappa shape index (κ2) is 6.93. The number of hydrazine groups is 1. The second-order valence-corrected chi connectivity index (χ2v) is 6.14. The molecule has 0 saturated heterocycles. The fraction of sp³-hybridized carbons (Fsp3) is 0.923. The van der Waals surface area contributed by atoms with Crippen LogP contribution in [0, 0.1) is 11.1 Å². The van der Waals surface area contributed by atoms with E-state index in [0.717, 1.165) is 0 Å². The minimum Gasteiger partial charge on any atom is -0.569 e. The average Bonchev–Trinajstić information content (AvgIpc) is 2.85. The maximum Gasteiger partial charge on any atom is 0.308 e. The number of rotatable bonds is 5. The molecule has 1 saturated carbocycles. The molecule has 0 amide bonds. The predicted molar refractivity (Wildman–Crippen MR) is 74.0 cm³/mol. The van der Waals surface area contributed by atoms with Gasteiger partial charge in [0.15, 0.2) is 6.10 Å². The standard InChI is InChI=1S/C13H25N3O5/c1-13(2,3)15(4)16(18)14-21-11-8-9(12(17)20-6)7-10(11)19-5/h9-11H,7-8H2,1-6H3/b16-14-. The maximum atomic E-state index is 11.8. The molecule has 122 valence electrons. The minimum absolute atomic E-state index is 0.286. The predicted octanol–water partition coefficient (Wildman–Crippen LogP) is 1.49. The number of ether oxygens (including phenoxy) is 2. The highest BCUT2D eigenvalue weighted by Crippen LogP contribution is 2.31. The Bertz CT molecular complexity index is 394. The molecule has 1 fully saturated rings. The smallest absolute Gasteiger partial charge is 0.308 e. The first kappa shape index (κ1) is 17.5. The molecule has 1 aliphatic carbocycles. The molecule has 0 aromatic carbocycles. The van der Waals surface area contributed by atoms with Crippen LogP contribution in [0.2, 0.25) is 0 Å². The quantitative estimate of drug-likeness (QED) is 0.331. The van der Waals surface area contributed by atoms with Gasteiger partial charge in [0, 0.05) is 13.5 Å². The fourth-order valence-corrected chi connectivity index (χ4v) is 2.09. The lowest BCUT2D eigenvalue weighted by molar-refractivity contribution is -0.720. The molecule has 8 nitrogen and oxygen atoms in total. The van der Waals surface area contributed by atoms with E-state index in [1.807, 2.05) is 20.8 Å². The van der Waals surface area contributed by atoms with Crippen LogP contribution in [0.15, 0.2) is 5.28 Å². The van der Waals surface area contributed by atoms with Gasteiger partial charge in [-0.25, -0.2) is 0 Å². The lowest BCUT2D eigenvalue weighted by Crippen LogP contribution is -2.42. The van der Waals surface area contributed by atoms with Gasteiger partial charge in [0.25, 0.3) is 0 Å². The number of hydrogen-bond donors (Lipinski definition) is 0. The van der Waals surface area contributed by atoms with Gasteiger partial charge in [-0.05, 0) is 27.2 Å². The Balaban J connectivity index is 2.67. The molecule has 3 unspecified atom stereocenters. The van der Waals surface area contributed by atoms with E-state index in [-0.39, 0.29) is 23.5 Å². The average molecular weight is 303 g/mol. The van der Waals surface area contributed by atoms with Crippen LogP contribution in [0.1, 0.15) is 33.6 Å². The Hall–Kier alpha value is -1.57. The first-order valence-electron chi connectivity index (χ1n) is 6.89. The summed E-state index contributed by atoms with van der Waals surface area (Å²) in [5.74, 6) is -0.588. The Kier molecular flexibility index (Phi) is 5.77. The van der Waals surface area contributed by atoms with Gasteiger partial charge in [-0.3, -0.25) is 4.79 Å². The van der Waals surface area contributed by atoms with E-state index in [1.165, 1.54) is 19.2 Å². The molecule has 0 heterocycles. The molecule has 0 aromatic rings. The van der Waals surface area contributed by atoms with Crippen molar-refractivity contribution in [1.82, 2.24) is 5.01 Å². The zero-order chi connectivity index (χ0) is 16.2. The highest BCUT2D eigenvalue weighted by molar-refractivity contribution is 5.72. The molecule has 0 bridgehead atoms. The van der Waals surface area contributed by atoms with Crippen LogP contribution in [0.3, 0.4) is 0 Å². The summed E-state index contributed by atoms with van der Waals surface area (Å²) in [6.45, 7) is 5.65. The van der Waals surface area contributed by atoms with Crippen LogP contribution in [0.5, 0.6) is 0 Å². The third-order valence-electron chi connectivity index (χ3n) is 3.77. The first-order chi connectivity index (χ1) is 9.70. The Morgan fingerprint density at radius 3 is 2.33 bits per heavy atom. The lowest BCUT2D eigenvalue weighted by Gasteiger charge is -2.26. The van der Waals surface area contributed by atoms with Gasteiger partial charge in [0.1, 0.15) is 0 Å². The van der Waals surface area contributed by atoms with Crippen molar-refractivity contribution in [3.8, 4) is 0 Å². The number of carbonyl (C=O) groups excluding carboxylic acids is 1. The highest BCUT2D eigenvalue weighted by Gasteiger charge is 2.41. The maximum absolute atomic E-state index is 11.8. The molecular formula is C13H25N3O5. The molecule has 21 heavy (non-hydrogen) atoms. The van der Waals surface area contributed by atoms with Gasteiger partial charge in [0.2, 0.25) is 5.28 Å². The molecule has 0 aliphatic heterocycles. The molecule has 1 rings (SSSR count). The topological polar surface area (TPSA) is 86.4 Å². The summed E-state index contributed by atoms with van der Waals surface area (Å²) >= 11 is 0. The van der Waals surface area contributed by atoms with Crippen molar-refractivity contribution < 1.29 is 24.1 Å². The third-order valence-corrected chi connectivity index (χ3v) is 3.77. The van der Waals surface area contributed by atoms with Crippen molar-refractivity contribution in [2.24, 2.45) is 11.2 Å². The molecule has 3 atom stereocenters. The van der Waals surface area contributed by atoms with Crippen molar-refractivity contribution in [2.75, 3.05) is 21.3 Å². The largest absolute Gasteiger partial charge is 0.569 e. The van der Waals surface area contributed by atoms with Crippen molar-refractivity contribution in [2.45, 2.75) is 51.4 Å². The van der Waals surface area contributed by atoms with Crippen molar-refractivity contribution >= 4 is 5.97 Å². The first-order valence-corrected chi connectivity index (χ1v) is 6.89. The van der Waals surface area contributed by atoms with Gasteiger partial charge in [-0.15, -0.1) is 5.01 Å². The summed E-state index contributed by atoms with van der Waals surface area (Å²) in [4.78, 5) is 17.2. The summed E-state index contributed by atoms with van der Waals surface area (Å²) < 4.78 is 10.0. The van der Waals surface area contributed by atoms with Crippen LogP contribution in [-0.4, -0.2) is 55.0 Å². The molecular weight excluding hydrogens is 278 g/mol. The fourth-order valence-electron chi connectivity index (χ4n) is 2.09. The molecule has 0 aromatic heterocycles. The number of methoxy groups -OCH3 is 2. The summed E-state index contributed by atoms with van der Waals surface area (Å²) in [7, 11) is 4.51. The van der Waals surface area contributed by atoms with Crippen molar-refractivity contribution in [1.29, 1.82) is 0 Å². The van der Waals surface area contributed by atoms with Gasteiger partial charge in [0.05, 0.1) is 36.7 Å². The zero-order valence-electron chi connectivity index (χ0n) is 13.5. The lowest BCUT2D eigenvalue weighted by atomic mass is 10.1. The molecule has 8 heteroatoms. The van der Waals surface area contributed by atoms with Crippen molar-refractivity contribution in [3.05, 3.63) is 5.21 Å². The Morgan fingerprint density at radius 1 is 1.29 bits per heavy atom. The summed E-state index contributed by atoms with van der Waals surface area (Å²) in [6.07, 6.45) is 0.189. The van der Waals surface area contributed by atoms with E-state index in [4.69, 9.17) is 14.3 Å². The van der Waals surface area contributed by atoms with Gasteiger partial charge in [-0.2, -0.15) is 0 Å². The monoisotopic (exact) mass is 303 g/mol. The second-order valence-electron chi connectivity index (χ2n) is 6.14. The van der Waals surface area contributed by atoms with Crippen molar-refractivity contribution in [3.63, 3.8) is 0 Å².